The first-order valence-corrected chi connectivity index (χ1v) is 15.2. The molecule has 6 nitrogen and oxygen atoms in total. The number of benzene rings is 1. The monoisotopic (exact) mass is 477 g/mol. The zero-order chi connectivity index (χ0) is 23.7. The first kappa shape index (κ1) is 23.2. The Morgan fingerprint density at radius 3 is 2.76 bits per heavy atom. The van der Waals surface area contributed by atoms with Gasteiger partial charge in [0.15, 0.2) is 5.49 Å². The molecule has 0 amide bonds. The molecule has 2 aromatic rings. The molecule has 5 rings (SSSR count). The average molecular weight is 478 g/mol. The van der Waals surface area contributed by atoms with E-state index in [2.05, 4.69) is 64.6 Å². The van der Waals surface area contributed by atoms with Gasteiger partial charge in [-0.1, -0.05) is 54.8 Å². The number of rotatable bonds is 7. The molecule has 1 aromatic heterocycles. The van der Waals surface area contributed by atoms with Gasteiger partial charge in [0.1, 0.15) is 17.3 Å². The maximum absolute atomic E-state index is 12.5. The third-order valence-electron chi connectivity index (χ3n) is 7.32. The lowest BCUT2D eigenvalue weighted by Gasteiger charge is -2.27. The summed E-state index contributed by atoms with van der Waals surface area (Å²) < 4.78 is 14.7. The number of hydrogen-bond acceptors (Lipinski definition) is 5. The molecule has 2 N–H and O–H groups in total. The van der Waals surface area contributed by atoms with Crippen LogP contribution in [-0.2, 0) is 17.5 Å². The summed E-state index contributed by atoms with van der Waals surface area (Å²) in [6, 6.07) is 8.71. The summed E-state index contributed by atoms with van der Waals surface area (Å²) in [4.78, 5) is 9.92. The van der Waals surface area contributed by atoms with Crippen LogP contribution in [0.15, 0.2) is 59.5 Å². The van der Waals surface area contributed by atoms with Crippen molar-refractivity contribution in [2.45, 2.75) is 63.8 Å². The quantitative estimate of drug-likeness (QED) is 0.597. The smallest absolute Gasteiger partial charge is 0.161 e. The predicted molar refractivity (Wildman–Crippen MR) is 138 cm³/mol. The van der Waals surface area contributed by atoms with E-state index < -0.39 is 7.14 Å². The molecule has 1 fully saturated rings. The van der Waals surface area contributed by atoms with Gasteiger partial charge in [-0.05, 0) is 63.5 Å². The highest BCUT2D eigenvalue weighted by Gasteiger charge is 2.29. The lowest BCUT2D eigenvalue weighted by molar-refractivity contribution is 0.385. The van der Waals surface area contributed by atoms with Gasteiger partial charge in [0.2, 0.25) is 0 Å². The summed E-state index contributed by atoms with van der Waals surface area (Å²) in [6.07, 6.45) is 15.0. The Kier molecular flexibility index (Phi) is 6.52. The van der Waals surface area contributed by atoms with Crippen LogP contribution < -0.4 is 21.5 Å². The number of nitrogens with zero attached hydrogens (tertiary/aromatic N) is 3. The van der Waals surface area contributed by atoms with Crippen LogP contribution in [0, 0.1) is 12.8 Å². The second-order valence-electron chi connectivity index (χ2n) is 10.4. The molecule has 0 radical (unpaired) electrons. The minimum Gasteiger partial charge on any atom is -0.348 e. The lowest BCUT2D eigenvalue weighted by Crippen LogP contribution is -2.51. The topological polar surface area (TPSA) is 71.3 Å². The van der Waals surface area contributed by atoms with E-state index in [-0.39, 0.29) is 11.8 Å². The molecule has 0 saturated heterocycles. The van der Waals surface area contributed by atoms with Crippen LogP contribution in [0.4, 0.5) is 0 Å². The average Bonchev–Trinajstić information content (AvgIpc) is 3.48. The number of aromatic nitrogens is 2. The molecular formula is C27H36N5OP. The number of fused-ring (bicyclic) bond motifs is 1. The van der Waals surface area contributed by atoms with Crippen LogP contribution in [-0.4, -0.2) is 34.7 Å². The van der Waals surface area contributed by atoms with E-state index in [0.29, 0.717) is 5.92 Å². The number of nitrogens with one attached hydrogen (secondary N) is 2. The standard InChI is InChI=1S/C27H36N5OP/c1-19-7-6-8-20(17-19)15-16-32-18-28-24-26(29-22-11-13-23(14-12-22)34(2,3)33)30-25(31-27(24)32)21-9-4-5-10-21/h6-8,11-13,17-18,21,23,25,29-30H,4-5,9-10,14-16H2,1-3H3. The third-order valence-corrected chi connectivity index (χ3v) is 9.30. The number of hydrogen-bond donors (Lipinski definition) is 2. The maximum Gasteiger partial charge on any atom is 0.161 e. The molecule has 2 heterocycles. The fraction of sp³-hybridized carbons (Fsp3) is 0.481. The van der Waals surface area contributed by atoms with Crippen molar-refractivity contribution < 1.29 is 4.57 Å². The fourth-order valence-electron chi connectivity index (χ4n) is 5.25. The number of allylic oxidation sites excluding steroid dienone is 3. The molecule has 3 aliphatic rings. The van der Waals surface area contributed by atoms with Crippen LogP contribution in [0.5, 0.6) is 0 Å². The van der Waals surface area contributed by atoms with Crippen molar-refractivity contribution in [1.82, 2.24) is 20.2 Å². The second kappa shape index (κ2) is 9.58. The molecule has 7 heteroatoms. The molecule has 2 atom stereocenters. The molecule has 34 heavy (non-hydrogen) atoms. The molecule has 2 aliphatic carbocycles. The van der Waals surface area contributed by atoms with E-state index in [0.717, 1.165) is 41.7 Å². The molecule has 2 unspecified atom stereocenters. The maximum atomic E-state index is 12.5. The van der Waals surface area contributed by atoms with Crippen LogP contribution in [0.25, 0.3) is 5.82 Å². The molecule has 1 aromatic carbocycles. The van der Waals surface area contributed by atoms with Gasteiger partial charge < -0.3 is 19.8 Å². The van der Waals surface area contributed by atoms with E-state index in [1.165, 1.54) is 36.8 Å². The van der Waals surface area contributed by atoms with E-state index in [9.17, 15) is 4.57 Å². The van der Waals surface area contributed by atoms with E-state index in [4.69, 9.17) is 9.98 Å². The summed E-state index contributed by atoms with van der Waals surface area (Å²) >= 11 is 0. The lowest BCUT2D eigenvalue weighted by atomic mass is 10.0. The van der Waals surface area contributed by atoms with Gasteiger partial charge in [0.25, 0.3) is 0 Å². The van der Waals surface area contributed by atoms with Crippen molar-refractivity contribution in [3.8, 4) is 0 Å². The number of aryl methyl sites for hydroxylation is 3. The van der Waals surface area contributed by atoms with Crippen molar-refractivity contribution >= 4 is 13.0 Å². The Bertz CT molecular complexity index is 1280. The first-order chi connectivity index (χ1) is 16.4. The van der Waals surface area contributed by atoms with Crippen LogP contribution in [0.2, 0.25) is 0 Å². The Labute approximate surface area is 202 Å². The zero-order valence-corrected chi connectivity index (χ0v) is 21.4. The SMILES string of the molecule is Cc1cccc(CCn2cnc3c2=NC(C2CCCC2)NC=3NC2=CCC(P(C)(C)=O)C=C2)c1. The van der Waals surface area contributed by atoms with Crippen molar-refractivity contribution in [3.63, 3.8) is 0 Å². The summed E-state index contributed by atoms with van der Waals surface area (Å²) in [5.41, 5.74) is 4.75. The van der Waals surface area contributed by atoms with Crippen molar-refractivity contribution in [2.75, 3.05) is 13.3 Å². The molecule has 180 valence electrons. The highest BCUT2D eigenvalue weighted by molar-refractivity contribution is 7.63. The van der Waals surface area contributed by atoms with Gasteiger partial charge in [0, 0.05) is 17.9 Å². The molecule has 0 bridgehead atoms. The summed E-state index contributed by atoms with van der Waals surface area (Å²) in [5.74, 6) is 1.48. The molecule has 1 saturated carbocycles. The van der Waals surface area contributed by atoms with Crippen LogP contribution >= 0.6 is 7.14 Å². The van der Waals surface area contributed by atoms with Gasteiger partial charge >= 0.3 is 0 Å². The van der Waals surface area contributed by atoms with E-state index >= 15 is 0 Å². The Morgan fingerprint density at radius 2 is 2.06 bits per heavy atom. The second-order valence-corrected chi connectivity index (χ2v) is 13.9. The number of imidazole rings is 1. The first-order valence-electron chi connectivity index (χ1n) is 12.5. The minimum atomic E-state index is -2.13. The largest absolute Gasteiger partial charge is 0.348 e. The third kappa shape index (κ3) is 5.07. The Morgan fingerprint density at radius 1 is 1.24 bits per heavy atom. The normalized spacial score (nSPS) is 22.7. The highest BCUT2D eigenvalue weighted by Crippen LogP contribution is 2.46. The van der Waals surface area contributed by atoms with Crippen molar-refractivity contribution in [3.05, 3.63) is 76.5 Å². The van der Waals surface area contributed by atoms with Crippen molar-refractivity contribution in [2.24, 2.45) is 10.9 Å². The Hall–Kier alpha value is -2.59. The highest BCUT2D eigenvalue weighted by atomic mass is 31.2. The summed E-state index contributed by atoms with van der Waals surface area (Å²) in [6.45, 7) is 6.73. The fourth-order valence-corrected chi connectivity index (χ4v) is 6.36. The van der Waals surface area contributed by atoms with E-state index in [1.54, 1.807) is 0 Å². The van der Waals surface area contributed by atoms with Gasteiger partial charge in [-0.15, -0.1) is 0 Å². The molecule has 1 aliphatic heterocycles. The van der Waals surface area contributed by atoms with Gasteiger partial charge in [0.05, 0.1) is 13.5 Å². The van der Waals surface area contributed by atoms with E-state index in [1.807, 2.05) is 19.7 Å². The summed E-state index contributed by atoms with van der Waals surface area (Å²) in [7, 11) is -2.13. The minimum absolute atomic E-state index is 0.0688. The van der Waals surface area contributed by atoms with Gasteiger partial charge in [-0.25, -0.2) is 9.98 Å². The van der Waals surface area contributed by atoms with Crippen LogP contribution in [0.3, 0.4) is 0 Å². The molecular weight excluding hydrogens is 441 g/mol. The predicted octanol–water partition coefficient (Wildman–Crippen LogP) is 3.66. The Balaban J connectivity index is 1.42. The zero-order valence-electron chi connectivity index (χ0n) is 20.5. The molecule has 0 spiro atoms. The summed E-state index contributed by atoms with van der Waals surface area (Å²) in [5, 5.41) is 8.14. The van der Waals surface area contributed by atoms with Crippen molar-refractivity contribution in [1.29, 1.82) is 0 Å². The van der Waals surface area contributed by atoms with Gasteiger partial charge in [-0.2, -0.15) is 0 Å². The van der Waals surface area contributed by atoms with Crippen LogP contribution in [0.1, 0.15) is 43.2 Å². The van der Waals surface area contributed by atoms with Gasteiger partial charge in [-0.3, -0.25) is 0 Å².